The van der Waals surface area contributed by atoms with Gasteiger partial charge in [0, 0.05) is 35.5 Å². The number of likely N-dealkylation sites (tertiary alicyclic amines) is 1. The second-order valence-corrected chi connectivity index (χ2v) is 9.17. The molecule has 8 heteroatoms. The van der Waals surface area contributed by atoms with Gasteiger partial charge < -0.3 is 9.64 Å². The zero-order chi connectivity index (χ0) is 19.1. The molecule has 0 aromatic carbocycles. The minimum atomic E-state index is 0.0612. The number of anilines is 1. The van der Waals surface area contributed by atoms with Crippen LogP contribution in [0.1, 0.15) is 41.1 Å². The molecule has 2 aromatic rings. The molecular weight excluding hydrogens is 374 g/mol. The number of nitrogens with one attached hydrogen (secondary N) is 1. The van der Waals surface area contributed by atoms with E-state index in [2.05, 4.69) is 26.7 Å². The van der Waals surface area contributed by atoms with Crippen molar-refractivity contribution in [2.24, 2.45) is 0 Å². The Hall–Kier alpha value is -1.77. The largest absolute Gasteiger partial charge is 0.378 e. The first-order chi connectivity index (χ1) is 13.6. The number of aryl methyl sites for hydroxylation is 1. The summed E-state index contributed by atoms with van der Waals surface area (Å²) in [5, 5.41) is 0. The lowest BCUT2D eigenvalue weighted by atomic mass is 9.76. The molecule has 7 nitrogen and oxygen atoms in total. The maximum absolute atomic E-state index is 12.7. The predicted octanol–water partition coefficient (Wildman–Crippen LogP) is 1.85. The number of hydrogen-bond acceptors (Lipinski definition) is 7. The average molecular weight is 402 g/mol. The Balaban J connectivity index is 1.36. The minimum Gasteiger partial charge on any atom is -0.378 e. The van der Waals surface area contributed by atoms with E-state index in [-0.39, 0.29) is 11.0 Å². The number of aromatic amines is 1. The van der Waals surface area contributed by atoms with Gasteiger partial charge in [0.2, 0.25) is 5.95 Å². The van der Waals surface area contributed by atoms with E-state index in [0.29, 0.717) is 13.2 Å². The second-order valence-electron chi connectivity index (χ2n) is 8.23. The van der Waals surface area contributed by atoms with Gasteiger partial charge in [0.25, 0.3) is 5.56 Å². The number of H-pyrrole nitrogens is 1. The summed E-state index contributed by atoms with van der Waals surface area (Å²) in [5.74, 6) is 0.732. The molecule has 150 valence electrons. The Morgan fingerprint density at radius 1 is 1.21 bits per heavy atom. The van der Waals surface area contributed by atoms with Crippen molar-refractivity contribution in [1.29, 1.82) is 0 Å². The van der Waals surface area contributed by atoms with Gasteiger partial charge >= 0.3 is 0 Å². The molecule has 0 saturated carbocycles. The number of morpholine rings is 1. The molecule has 1 spiro atoms. The number of nitrogens with zero attached hydrogens (tertiary/aromatic N) is 4. The molecule has 3 aliphatic rings. The summed E-state index contributed by atoms with van der Waals surface area (Å²) in [6, 6.07) is 0. The van der Waals surface area contributed by atoms with Gasteiger partial charge in [0.1, 0.15) is 0 Å². The van der Waals surface area contributed by atoms with Gasteiger partial charge in [0.05, 0.1) is 30.1 Å². The third-order valence-electron chi connectivity index (χ3n) is 6.69. The van der Waals surface area contributed by atoms with Gasteiger partial charge in [-0.25, -0.2) is 9.97 Å². The highest BCUT2D eigenvalue weighted by molar-refractivity contribution is 7.09. The van der Waals surface area contributed by atoms with Gasteiger partial charge in [-0.05, 0) is 45.7 Å². The van der Waals surface area contributed by atoms with E-state index >= 15 is 0 Å². The zero-order valence-electron chi connectivity index (χ0n) is 16.4. The van der Waals surface area contributed by atoms with Crippen LogP contribution >= 0.6 is 11.3 Å². The highest BCUT2D eigenvalue weighted by atomic mass is 32.1. The smallest absolute Gasteiger partial charge is 0.255 e. The third kappa shape index (κ3) is 3.17. The maximum atomic E-state index is 12.7. The molecule has 1 N–H and O–H groups in total. The summed E-state index contributed by atoms with van der Waals surface area (Å²) < 4.78 is 5.45. The SMILES string of the molecule is Cc1ncsc1CN1CCC2(CCc3c2nc(N2CCOCC2)[nH]c3=O)CC1. The lowest BCUT2D eigenvalue weighted by Crippen LogP contribution is -2.43. The topological polar surface area (TPSA) is 74.4 Å². The van der Waals surface area contributed by atoms with Gasteiger partial charge in [-0.3, -0.25) is 14.7 Å². The monoisotopic (exact) mass is 401 g/mol. The van der Waals surface area contributed by atoms with Crippen LogP contribution in [0.3, 0.4) is 0 Å². The van der Waals surface area contributed by atoms with Crippen LogP contribution in [0.25, 0.3) is 0 Å². The van der Waals surface area contributed by atoms with Crippen LogP contribution in [0.15, 0.2) is 10.3 Å². The normalized spacial score (nSPS) is 22.0. The van der Waals surface area contributed by atoms with Crippen LogP contribution in [-0.4, -0.2) is 59.2 Å². The standard InChI is InChI=1S/C20H27N5O2S/c1-14-16(28-13-21-14)12-24-6-4-20(5-7-24)3-2-15-17(20)22-19(23-18(15)26)25-8-10-27-11-9-25/h13H,2-12H2,1H3,(H,22,23,26). The molecule has 0 unspecified atom stereocenters. The zero-order valence-corrected chi connectivity index (χ0v) is 17.2. The molecule has 4 heterocycles. The summed E-state index contributed by atoms with van der Waals surface area (Å²) in [6.07, 6.45) is 4.07. The summed E-state index contributed by atoms with van der Waals surface area (Å²) in [5.41, 5.74) is 5.22. The van der Waals surface area contributed by atoms with Crippen LogP contribution in [0.5, 0.6) is 0 Å². The maximum Gasteiger partial charge on any atom is 0.255 e. The van der Waals surface area contributed by atoms with E-state index in [1.165, 1.54) is 4.88 Å². The Bertz CT molecular complexity index is 910. The quantitative estimate of drug-likeness (QED) is 0.846. The summed E-state index contributed by atoms with van der Waals surface area (Å²) in [7, 11) is 0. The molecular formula is C20H27N5O2S. The third-order valence-corrected chi connectivity index (χ3v) is 7.61. The minimum absolute atomic E-state index is 0.0612. The highest BCUT2D eigenvalue weighted by Crippen LogP contribution is 2.44. The second kappa shape index (κ2) is 7.24. The lowest BCUT2D eigenvalue weighted by molar-refractivity contribution is 0.122. The van der Waals surface area contributed by atoms with Gasteiger partial charge in [-0.15, -0.1) is 11.3 Å². The highest BCUT2D eigenvalue weighted by Gasteiger charge is 2.44. The van der Waals surface area contributed by atoms with Crippen LogP contribution in [0, 0.1) is 6.92 Å². The molecule has 2 aromatic heterocycles. The van der Waals surface area contributed by atoms with E-state index < -0.39 is 0 Å². The van der Waals surface area contributed by atoms with Crippen molar-refractivity contribution < 1.29 is 4.74 Å². The number of hydrogen-bond donors (Lipinski definition) is 1. The molecule has 0 radical (unpaired) electrons. The summed E-state index contributed by atoms with van der Waals surface area (Å²) >= 11 is 1.75. The first-order valence-electron chi connectivity index (χ1n) is 10.2. The number of fused-ring (bicyclic) bond motifs is 2. The number of ether oxygens (including phenoxy) is 1. The molecule has 2 aliphatic heterocycles. The fourth-order valence-electron chi connectivity index (χ4n) is 4.87. The fraction of sp³-hybridized carbons (Fsp3) is 0.650. The van der Waals surface area contributed by atoms with Crippen molar-refractivity contribution >= 4 is 17.3 Å². The van der Waals surface area contributed by atoms with E-state index in [0.717, 1.165) is 81.3 Å². The molecule has 0 amide bonds. The Morgan fingerprint density at radius 3 is 2.71 bits per heavy atom. The molecule has 0 bridgehead atoms. The van der Waals surface area contributed by atoms with Gasteiger partial charge in [-0.1, -0.05) is 0 Å². The van der Waals surface area contributed by atoms with E-state index in [1.54, 1.807) is 11.3 Å². The van der Waals surface area contributed by atoms with Gasteiger partial charge in [0.15, 0.2) is 0 Å². The number of piperidine rings is 1. The van der Waals surface area contributed by atoms with Gasteiger partial charge in [-0.2, -0.15) is 0 Å². The first-order valence-corrected chi connectivity index (χ1v) is 11.1. The van der Waals surface area contributed by atoms with Crippen molar-refractivity contribution in [3.05, 3.63) is 37.7 Å². The van der Waals surface area contributed by atoms with Crippen molar-refractivity contribution in [3.8, 4) is 0 Å². The average Bonchev–Trinajstić information content (AvgIpc) is 3.29. The van der Waals surface area contributed by atoms with Crippen LogP contribution in [0.2, 0.25) is 0 Å². The fourth-order valence-corrected chi connectivity index (χ4v) is 5.69. The van der Waals surface area contributed by atoms with Crippen LogP contribution in [0.4, 0.5) is 5.95 Å². The lowest BCUT2D eigenvalue weighted by Gasteiger charge is -2.39. The van der Waals surface area contributed by atoms with E-state index in [9.17, 15) is 4.79 Å². The molecule has 2 saturated heterocycles. The van der Waals surface area contributed by atoms with Crippen molar-refractivity contribution in [3.63, 3.8) is 0 Å². The van der Waals surface area contributed by atoms with Crippen molar-refractivity contribution in [1.82, 2.24) is 19.9 Å². The molecule has 1 aliphatic carbocycles. The summed E-state index contributed by atoms with van der Waals surface area (Å²) in [4.78, 5) is 31.2. The Kier molecular flexibility index (Phi) is 4.72. The molecule has 5 rings (SSSR count). The van der Waals surface area contributed by atoms with Crippen LogP contribution < -0.4 is 10.5 Å². The Morgan fingerprint density at radius 2 is 2.00 bits per heavy atom. The van der Waals surface area contributed by atoms with Crippen LogP contribution in [-0.2, 0) is 23.1 Å². The summed E-state index contributed by atoms with van der Waals surface area (Å²) in [6.45, 7) is 8.15. The van der Waals surface area contributed by atoms with Crippen molar-refractivity contribution in [2.45, 2.75) is 44.6 Å². The molecule has 28 heavy (non-hydrogen) atoms. The predicted molar refractivity (Wildman–Crippen MR) is 109 cm³/mol. The Labute approximate surface area is 168 Å². The number of aromatic nitrogens is 3. The number of rotatable bonds is 3. The van der Waals surface area contributed by atoms with E-state index in [1.807, 2.05) is 5.51 Å². The first kappa shape index (κ1) is 18.3. The van der Waals surface area contributed by atoms with Crippen molar-refractivity contribution in [2.75, 3.05) is 44.3 Å². The van der Waals surface area contributed by atoms with E-state index in [4.69, 9.17) is 9.72 Å². The molecule has 0 atom stereocenters. The molecule has 2 fully saturated rings. The number of thiazole rings is 1.